The number of ether oxygens (including phenoxy) is 3. The number of halogens is 18. The summed E-state index contributed by atoms with van der Waals surface area (Å²) in [5.41, 5.74) is 0. The summed E-state index contributed by atoms with van der Waals surface area (Å²) < 4.78 is 295. The van der Waals surface area contributed by atoms with Crippen LogP contribution in [-0.2, 0) is 13.6 Å². The first kappa shape index (κ1) is 50.6. The molecule has 0 saturated heterocycles. The molecule has 0 spiro atoms. The van der Waals surface area contributed by atoms with Crippen LogP contribution in [0.1, 0.15) is 0 Å². The zero-order valence-corrected chi connectivity index (χ0v) is 32.4. The number of benzene rings is 3. The van der Waals surface area contributed by atoms with E-state index < -0.39 is 132 Å². The fraction of sp³-hybridized carbons (Fsp3) is 0.200. The van der Waals surface area contributed by atoms with Crippen molar-refractivity contribution < 1.29 is 120 Å². The first-order chi connectivity index (χ1) is 29.1. The molecule has 0 unspecified atom stereocenters. The van der Waals surface area contributed by atoms with E-state index in [-0.39, 0.29) is 0 Å². The van der Waals surface area contributed by atoms with Gasteiger partial charge in [-0.3, -0.25) is 13.6 Å². The van der Waals surface area contributed by atoms with Gasteiger partial charge in [-0.15, -0.1) is 13.5 Å². The van der Waals surface area contributed by atoms with Gasteiger partial charge >= 0.3 is 77.8 Å². The molecule has 0 amide bonds. The molecule has 0 atom stereocenters. The smallest absolute Gasteiger partial charge is 0.412 e. The summed E-state index contributed by atoms with van der Waals surface area (Å²) in [6.07, 6.45) is -25.3. The molecule has 33 heteroatoms. The van der Waals surface area contributed by atoms with Crippen LogP contribution < -0.4 is 27.8 Å². The van der Waals surface area contributed by atoms with Gasteiger partial charge in [0.15, 0.2) is 19.8 Å². The van der Waals surface area contributed by atoms with Gasteiger partial charge < -0.3 is 27.8 Å². The second kappa shape index (κ2) is 20.2. The summed E-state index contributed by atoms with van der Waals surface area (Å²) in [6, 6.07) is -0.227. The topological polar surface area (TPSA) is 120 Å². The second-order valence-corrected chi connectivity index (χ2v) is 17.4. The van der Waals surface area contributed by atoms with Crippen molar-refractivity contribution in [2.24, 2.45) is 13.5 Å². The van der Waals surface area contributed by atoms with Gasteiger partial charge in [-0.05, 0) is 72.8 Å². The Morgan fingerprint density at radius 2 is 0.540 bits per heavy atom. The minimum atomic E-state index is -5.80. The van der Waals surface area contributed by atoms with E-state index in [1.807, 2.05) is 0 Å². The molecule has 4 rings (SSSR count). The average Bonchev–Trinajstić information content (AvgIpc) is 3.17. The van der Waals surface area contributed by atoms with E-state index in [1.165, 1.54) is 0 Å². The molecular formula is C30H18F18N3O9P3. The Balaban J connectivity index is 2.07. The third-order valence-corrected chi connectivity index (χ3v) is 14.2. The summed E-state index contributed by atoms with van der Waals surface area (Å²) in [4.78, 5) is 0. The SMILES string of the molecule is FC(F)=C(F)Oc1ccc(OP2(OCC(F)(F)F)=NP(OCC(F)(F)F)(Oc3ccc(OC(F)=C(F)F)cc3)=NP(OCC(F)(F)F)(Oc3ccc(OC(F)=C(F)F)cc3)=N2)cc1. The fourth-order valence-electron chi connectivity index (χ4n) is 3.84. The number of rotatable bonds is 18. The van der Waals surface area contributed by atoms with Crippen molar-refractivity contribution in [2.45, 2.75) is 18.5 Å². The van der Waals surface area contributed by atoms with E-state index in [2.05, 4.69) is 27.8 Å². The maximum absolute atomic E-state index is 13.8. The van der Waals surface area contributed by atoms with Crippen molar-refractivity contribution in [1.29, 1.82) is 0 Å². The molecule has 1 aliphatic heterocycles. The van der Waals surface area contributed by atoms with Gasteiger partial charge in [0.2, 0.25) is 0 Å². The highest BCUT2D eigenvalue weighted by molar-refractivity contribution is 7.78. The molecule has 0 aliphatic carbocycles. The van der Waals surface area contributed by atoms with Gasteiger partial charge in [-0.1, -0.05) is 0 Å². The minimum Gasteiger partial charge on any atom is -0.428 e. The fourth-order valence-corrected chi connectivity index (χ4v) is 13.1. The van der Waals surface area contributed by atoms with Crippen molar-refractivity contribution in [3.63, 3.8) is 0 Å². The third kappa shape index (κ3) is 16.2. The molecule has 1 heterocycles. The van der Waals surface area contributed by atoms with Crippen molar-refractivity contribution in [2.75, 3.05) is 19.8 Å². The lowest BCUT2D eigenvalue weighted by Crippen LogP contribution is -2.20. The van der Waals surface area contributed by atoms with Gasteiger partial charge in [0.1, 0.15) is 34.5 Å². The molecule has 3 aromatic rings. The third-order valence-electron chi connectivity index (χ3n) is 6.08. The van der Waals surface area contributed by atoms with Crippen molar-refractivity contribution >= 4 is 23.0 Å². The highest BCUT2D eigenvalue weighted by atomic mass is 31.3. The Hall–Kier alpha value is -5.01. The quantitative estimate of drug-likeness (QED) is 0.0697. The van der Waals surface area contributed by atoms with Gasteiger partial charge in [0.25, 0.3) is 0 Å². The number of hydrogen-bond donors (Lipinski definition) is 0. The van der Waals surface area contributed by atoms with Gasteiger partial charge in [-0.2, -0.15) is 79.0 Å². The highest BCUT2D eigenvalue weighted by Gasteiger charge is 2.50. The number of hydrogen-bond acceptors (Lipinski definition) is 12. The molecule has 0 radical (unpaired) electrons. The molecular weight excluding hydrogens is 981 g/mol. The molecule has 0 saturated carbocycles. The molecule has 1 aliphatic rings. The van der Waals surface area contributed by atoms with E-state index in [9.17, 15) is 79.0 Å². The van der Waals surface area contributed by atoms with Crippen molar-refractivity contribution in [3.05, 3.63) is 109 Å². The summed E-state index contributed by atoms with van der Waals surface area (Å²) >= 11 is 0. The van der Waals surface area contributed by atoms with Crippen LogP contribution in [0.25, 0.3) is 0 Å². The number of alkyl halides is 9. The van der Waals surface area contributed by atoms with Gasteiger partial charge in [-0.25, -0.2) is 0 Å². The number of nitrogens with zero attached hydrogens (tertiary/aromatic N) is 3. The summed E-state index contributed by atoms with van der Waals surface area (Å²) in [5, 5.41) is 0. The first-order valence-electron chi connectivity index (χ1n) is 15.7. The Kier molecular flexibility index (Phi) is 16.3. The Bertz CT molecular complexity index is 2070. The molecule has 63 heavy (non-hydrogen) atoms. The molecule has 3 aromatic carbocycles. The van der Waals surface area contributed by atoms with Crippen LogP contribution >= 0.6 is 23.0 Å². The minimum absolute atomic E-state index is 0.586. The summed E-state index contributed by atoms with van der Waals surface area (Å²) in [6.45, 7) is -7.69. The van der Waals surface area contributed by atoms with Crippen LogP contribution in [0.2, 0.25) is 0 Å². The van der Waals surface area contributed by atoms with Crippen LogP contribution in [0.5, 0.6) is 34.5 Å². The zero-order valence-electron chi connectivity index (χ0n) is 29.7. The zero-order chi connectivity index (χ0) is 47.0. The Morgan fingerprint density at radius 3 is 0.714 bits per heavy atom. The van der Waals surface area contributed by atoms with E-state index in [0.29, 0.717) is 72.8 Å². The first-order valence-corrected chi connectivity index (χ1v) is 20.3. The van der Waals surface area contributed by atoms with E-state index in [4.69, 9.17) is 27.1 Å². The van der Waals surface area contributed by atoms with Crippen LogP contribution in [0, 0.1) is 0 Å². The maximum atomic E-state index is 13.8. The van der Waals surface area contributed by atoms with Crippen LogP contribution in [0.15, 0.2) is 123 Å². The normalized spacial score (nSPS) is 19.9. The standard InChI is InChI=1S/C30H18F18N3O9P3/c31-22(32)25(37)55-16-1-7-19(8-2-16)58-61(52-13-28(40,41)42)49-62(53-14-29(43,44)45,59-20-9-3-17(4-10-20)56-26(38)23(33)34)51-63(50-61,54-15-30(46,47)48)60-21-11-5-18(6-12-21)57-27(39)24(35)36/h1-12H,13-15H2. The Morgan fingerprint density at radius 1 is 0.349 bits per heavy atom. The van der Waals surface area contributed by atoms with Gasteiger partial charge in [0.05, 0.1) is 0 Å². The highest BCUT2D eigenvalue weighted by Crippen LogP contribution is 2.80. The monoisotopic (exact) mass is 999 g/mol. The van der Waals surface area contributed by atoms with E-state index in [0.717, 1.165) is 0 Å². The molecule has 12 nitrogen and oxygen atoms in total. The molecule has 0 N–H and O–H groups in total. The molecule has 348 valence electrons. The molecule has 0 fully saturated rings. The van der Waals surface area contributed by atoms with Crippen LogP contribution in [0.4, 0.5) is 79.0 Å². The average molecular weight is 999 g/mol. The van der Waals surface area contributed by atoms with Crippen LogP contribution in [0.3, 0.4) is 0 Å². The molecule has 0 bridgehead atoms. The predicted molar refractivity (Wildman–Crippen MR) is 178 cm³/mol. The summed E-state index contributed by atoms with van der Waals surface area (Å²) in [5.74, 6) is -4.95. The van der Waals surface area contributed by atoms with Crippen molar-refractivity contribution in [1.82, 2.24) is 0 Å². The Labute approximate surface area is 339 Å². The van der Waals surface area contributed by atoms with E-state index in [1.54, 1.807) is 0 Å². The van der Waals surface area contributed by atoms with E-state index >= 15 is 0 Å². The largest absolute Gasteiger partial charge is 0.428 e. The van der Waals surface area contributed by atoms with Crippen LogP contribution in [-0.4, -0.2) is 38.3 Å². The molecule has 0 aromatic heterocycles. The lowest BCUT2D eigenvalue weighted by molar-refractivity contribution is -0.153. The summed E-state index contributed by atoms with van der Waals surface area (Å²) in [7, 11) is -17.4. The predicted octanol–water partition coefficient (Wildman–Crippen LogP) is 15.1. The van der Waals surface area contributed by atoms with Crippen molar-refractivity contribution in [3.8, 4) is 34.5 Å². The second-order valence-electron chi connectivity index (χ2n) is 11.0. The maximum Gasteiger partial charge on any atom is 0.412 e. The van der Waals surface area contributed by atoms with Gasteiger partial charge in [0, 0.05) is 0 Å². The lowest BCUT2D eigenvalue weighted by atomic mass is 10.3. The lowest BCUT2D eigenvalue weighted by Gasteiger charge is -2.33.